The van der Waals surface area contributed by atoms with Gasteiger partial charge in [-0.3, -0.25) is 0 Å². The van der Waals surface area contributed by atoms with Gasteiger partial charge in [-0.05, 0) is 30.9 Å². The molecule has 3 N–H and O–H groups in total. The number of fused-ring (bicyclic) bond motifs is 1. The molecule has 0 amide bonds. The largest absolute Gasteiger partial charge is 0.341 e. The third-order valence-electron chi connectivity index (χ3n) is 3.62. The number of likely N-dealkylation sites (N-methyl/N-ethyl adjacent to an activating group) is 1. The second-order valence-electron chi connectivity index (χ2n) is 4.83. The van der Waals surface area contributed by atoms with Crippen molar-refractivity contribution in [3.63, 3.8) is 0 Å². The van der Waals surface area contributed by atoms with Gasteiger partial charge in [-0.15, -0.1) is 0 Å². The number of aromatic amines is 1. The standard InChI is InChI=1S/C13H18N4/c1-17(12(8-14)9-6-7-9)13-15-10-4-2-3-5-11(10)16-13/h2-5,9,12H,6-8,14H2,1H3,(H,15,16). The lowest BCUT2D eigenvalue weighted by Crippen LogP contribution is -2.40. The highest BCUT2D eigenvalue weighted by Gasteiger charge is 2.33. The molecule has 0 radical (unpaired) electrons. The summed E-state index contributed by atoms with van der Waals surface area (Å²) in [6.07, 6.45) is 2.60. The highest BCUT2D eigenvalue weighted by Crippen LogP contribution is 2.35. The number of H-pyrrole nitrogens is 1. The monoisotopic (exact) mass is 230 g/mol. The van der Waals surface area contributed by atoms with Crippen molar-refractivity contribution in [3.05, 3.63) is 24.3 Å². The van der Waals surface area contributed by atoms with Crippen LogP contribution >= 0.6 is 0 Å². The predicted molar refractivity (Wildman–Crippen MR) is 70.1 cm³/mol. The average Bonchev–Trinajstić information content (AvgIpc) is 3.08. The van der Waals surface area contributed by atoms with Gasteiger partial charge in [0.25, 0.3) is 0 Å². The Morgan fingerprint density at radius 1 is 1.47 bits per heavy atom. The normalized spacial score (nSPS) is 17.3. The second kappa shape index (κ2) is 4.04. The zero-order valence-corrected chi connectivity index (χ0v) is 10.1. The van der Waals surface area contributed by atoms with Crippen molar-refractivity contribution in [2.75, 3.05) is 18.5 Å². The lowest BCUT2D eigenvalue weighted by molar-refractivity contribution is 0.563. The summed E-state index contributed by atoms with van der Waals surface area (Å²) in [5.74, 6) is 1.67. The number of anilines is 1. The fourth-order valence-corrected chi connectivity index (χ4v) is 2.41. The Balaban J connectivity index is 1.91. The Labute approximate surface area is 101 Å². The van der Waals surface area contributed by atoms with E-state index in [2.05, 4.69) is 21.9 Å². The fourth-order valence-electron chi connectivity index (χ4n) is 2.41. The van der Waals surface area contributed by atoms with Gasteiger partial charge in [0.05, 0.1) is 11.0 Å². The minimum atomic E-state index is 0.413. The highest BCUT2D eigenvalue weighted by atomic mass is 15.3. The van der Waals surface area contributed by atoms with Crippen LogP contribution in [0, 0.1) is 5.92 Å². The van der Waals surface area contributed by atoms with E-state index in [9.17, 15) is 0 Å². The minimum Gasteiger partial charge on any atom is -0.341 e. The molecule has 0 saturated heterocycles. The number of nitrogens with one attached hydrogen (secondary N) is 1. The van der Waals surface area contributed by atoms with Crippen molar-refractivity contribution >= 4 is 17.0 Å². The van der Waals surface area contributed by atoms with E-state index in [0.29, 0.717) is 12.6 Å². The number of rotatable bonds is 4. The number of aromatic nitrogens is 2. The lowest BCUT2D eigenvalue weighted by atomic mass is 10.2. The molecule has 2 aromatic rings. The third kappa shape index (κ3) is 1.89. The van der Waals surface area contributed by atoms with E-state index in [1.807, 2.05) is 24.3 Å². The van der Waals surface area contributed by atoms with Gasteiger partial charge in [-0.25, -0.2) is 4.98 Å². The van der Waals surface area contributed by atoms with Gasteiger partial charge in [-0.1, -0.05) is 12.1 Å². The maximum atomic E-state index is 5.86. The van der Waals surface area contributed by atoms with Crippen LogP contribution < -0.4 is 10.6 Å². The number of benzene rings is 1. The van der Waals surface area contributed by atoms with Crippen LogP contribution in [-0.2, 0) is 0 Å². The van der Waals surface area contributed by atoms with E-state index >= 15 is 0 Å². The quantitative estimate of drug-likeness (QED) is 0.841. The molecular weight excluding hydrogens is 212 g/mol. The van der Waals surface area contributed by atoms with Gasteiger partial charge < -0.3 is 15.6 Å². The Hall–Kier alpha value is -1.55. The van der Waals surface area contributed by atoms with E-state index in [0.717, 1.165) is 22.9 Å². The van der Waals surface area contributed by atoms with E-state index in [-0.39, 0.29) is 0 Å². The molecule has 90 valence electrons. The number of imidazole rings is 1. The molecule has 1 aliphatic rings. The minimum absolute atomic E-state index is 0.413. The molecule has 1 saturated carbocycles. The first-order valence-electron chi connectivity index (χ1n) is 6.17. The summed E-state index contributed by atoms with van der Waals surface area (Å²) in [5, 5.41) is 0. The summed E-state index contributed by atoms with van der Waals surface area (Å²) in [5.41, 5.74) is 7.96. The smallest absolute Gasteiger partial charge is 0.203 e. The zero-order chi connectivity index (χ0) is 11.8. The summed E-state index contributed by atoms with van der Waals surface area (Å²) in [4.78, 5) is 10.2. The first-order chi connectivity index (χ1) is 8.29. The maximum absolute atomic E-state index is 5.86. The van der Waals surface area contributed by atoms with Crippen molar-refractivity contribution in [1.82, 2.24) is 9.97 Å². The summed E-state index contributed by atoms with van der Waals surface area (Å²) in [6, 6.07) is 8.52. The molecule has 4 heteroatoms. The molecule has 1 aliphatic carbocycles. The van der Waals surface area contributed by atoms with Crippen molar-refractivity contribution in [1.29, 1.82) is 0 Å². The Kier molecular flexibility index (Phi) is 2.52. The molecule has 3 rings (SSSR count). The van der Waals surface area contributed by atoms with Crippen LogP contribution in [0.25, 0.3) is 11.0 Å². The van der Waals surface area contributed by atoms with Gasteiger partial charge in [-0.2, -0.15) is 0 Å². The van der Waals surface area contributed by atoms with Crippen LogP contribution in [0.4, 0.5) is 5.95 Å². The average molecular weight is 230 g/mol. The van der Waals surface area contributed by atoms with Crippen LogP contribution in [-0.4, -0.2) is 29.6 Å². The molecular formula is C13H18N4. The van der Waals surface area contributed by atoms with Crippen LogP contribution in [0.2, 0.25) is 0 Å². The Morgan fingerprint density at radius 3 is 2.88 bits per heavy atom. The SMILES string of the molecule is CN(c1nc2ccccc2[nH]1)C(CN)C1CC1. The van der Waals surface area contributed by atoms with E-state index in [1.54, 1.807) is 0 Å². The first-order valence-corrected chi connectivity index (χ1v) is 6.17. The topological polar surface area (TPSA) is 57.9 Å². The molecule has 17 heavy (non-hydrogen) atoms. The van der Waals surface area contributed by atoms with Crippen molar-refractivity contribution in [2.45, 2.75) is 18.9 Å². The molecule has 1 aromatic carbocycles. The number of hydrogen-bond donors (Lipinski definition) is 2. The maximum Gasteiger partial charge on any atom is 0.203 e. The molecule has 1 aromatic heterocycles. The summed E-state index contributed by atoms with van der Waals surface area (Å²) < 4.78 is 0. The van der Waals surface area contributed by atoms with Gasteiger partial charge in [0.2, 0.25) is 5.95 Å². The number of para-hydroxylation sites is 2. The van der Waals surface area contributed by atoms with E-state index < -0.39 is 0 Å². The number of nitrogens with two attached hydrogens (primary N) is 1. The van der Waals surface area contributed by atoms with Crippen LogP contribution in [0.1, 0.15) is 12.8 Å². The summed E-state index contributed by atoms with van der Waals surface area (Å²) >= 11 is 0. The van der Waals surface area contributed by atoms with Crippen molar-refractivity contribution in [2.24, 2.45) is 11.7 Å². The fraction of sp³-hybridized carbons (Fsp3) is 0.462. The Bertz CT molecular complexity index is 482. The summed E-state index contributed by atoms with van der Waals surface area (Å²) in [7, 11) is 2.08. The molecule has 1 atom stereocenters. The molecule has 1 unspecified atom stereocenters. The lowest BCUT2D eigenvalue weighted by Gasteiger charge is -2.26. The first kappa shape index (κ1) is 10.6. The van der Waals surface area contributed by atoms with Crippen LogP contribution in [0.15, 0.2) is 24.3 Å². The second-order valence-corrected chi connectivity index (χ2v) is 4.83. The third-order valence-corrected chi connectivity index (χ3v) is 3.62. The highest BCUT2D eigenvalue weighted by molar-refractivity contribution is 5.77. The predicted octanol–water partition coefficient (Wildman–Crippen LogP) is 1.74. The van der Waals surface area contributed by atoms with Gasteiger partial charge in [0.1, 0.15) is 0 Å². The van der Waals surface area contributed by atoms with Crippen LogP contribution in [0.3, 0.4) is 0 Å². The van der Waals surface area contributed by atoms with Gasteiger partial charge in [0.15, 0.2) is 0 Å². The summed E-state index contributed by atoms with van der Waals surface area (Å²) in [6.45, 7) is 0.693. The molecule has 0 spiro atoms. The van der Waals surface area contributed by atoms with Gasteiger partial charge >= 0.3 is 0 Å². The zero-order valence-electron chi connectivity index (χ0n) is 10.1. The van der Waals surface area contributed by atoms with E-state index in [4.69, 9.17) is 5.73 Å². The molecule has 4 nitrogen and oxygen atoms in total. The number of hydrogen-bond acceptors (Lipinski definition) is 3. The van der Waals surface area contributed by atoms with Gasteiger partial charge in [0, 0.05) is 19.6 Å². The number of nitrogens with zero attached hydrogens (tertiary/aromatic N) is 2. The van der Waals surface area contributed by atoms with Crippen molar-refractivity contribution in [3.8, 4) is 0 Å². The molecule has 1 fully saturated rings. The molecule has 1 heterocycles. The Morgan fingerprint density at radius 2 is 2.24 bits per heavy atom. The molecule has 0 aliphatic heterocycles. The molecule has 0 bridgehead atoms. The van der Waals surface area contributed by atoms with Crippen molar-refractivity contribution < 1.29 is 0 Å². The van der Waals surface area contributed by atoms with Crippen LogP contribution in [0.5, 0.6) is 0 Å². The van der Waals surface area contributed by atoms with E-state index in [1.165, 1.54) is 12.8 Å².